The third-order valence-corrected chi connectivity index (χ3v) is 2.37. The molecule has 1 unspecified atom stereocenters. The lowest BCUT2D eigenvalue weighted by atomic mass is 9.90. The van der Waals surface area contributed by atoms with Crippen LogP contribution in [0, 0.1) is 11.7 Å². The van der Waals surface area contributed by atoms with Crippen LogP contribution >= 0.6 is 0 Å². The first kappa shape index (κ1) is 8.94. The monoisotopic (exact) mass is 192 g/mol. The highest BCUT2D eigenvalue weighted by molar-refractivity contribution is 5.76. The highest BCUT2D eigenvalue weighted by atomic mass is 19.1. The zero-order valence-corrected chi connectivity index (χ0v) is 7.40. The van der Waals surface area contributed by atoms with Crippen molar-refractivity contribution in [3.8, 4) is 0 Å². The molecule has 3 heteroatoms. The van der Waals surface area contributed by atoms with E-state index in [0.29, 0.717) is 6.42 Å². The van der Waals surface area contributed by atoms with Crippen molar-refractivity contribution in [2.24, 2.45) is 5.92 Å². The summed E-state index contributed by atoms with van der Waals surface area (Å²) >= 11 is 0. The normalized spacial score (nSPS) is 19.1. The number of aliphatic carboxylic acids is 1. The quantitative estimate of drug-likeness (QED) is 0.739. The maximum Gasteiger partial charge on any atom is 0.310 e. The van der Waals surface area contributed by atoms with E-state index < -0.39 is 11.9 Å². The van der Waals surface area contributed by atoms with Gasteiger partial charge in [0.2, 0.25) is 0 Å². The third-order valence-electron chi connectivity index (χ3n) is 2.37. The second kappa shape index (κ2) is 3.25. The van der Waals surface area contributed by atoms with Crippen molar-refractivity contribution in [2.75, 3.05) is 0 Å². The van der Waals surface area contributed by atoms with E-state index in [1.54, 1.807) is 18.2 Å². The Morgan fingerprint density at radius 1 is 1.50 bits per heavy atom. The predicted octanol–water partition coefficient (Wildman–Crippen LogP) is 2.10. The van der Waals surface area contributed by atoms with E-state index in [1.807, 2.05) is 0 Å². The highest BCUT2D eigenvalue weighted by Crippen LogP contribution is 2.23. The zero-order valence-electron chi connectivity index (χ0n) is 7.40. The minimum Gasteiger partial charge on any atom is -0.481 e. The Labute approximate surface area is 80.7 Å². The summed E-state index contributed by atoms with van der Waals surface area (Å²) in [6.45, 7) is 0. The van der Waals surface area contributed by atoms with Crippen LogP contribution < -0.4 is 0 Å². The average Bonchev–Trinajstić information content (AvgIpc) is 2.16. The second-order valence-corrected chi connectivity index (χ2v) is 3.35. The lowest BCUT2D eigenvalue weighted by Gasteiger charge is -2.15. The second-order valence-electron chi connectivity index (χ2n) is 3.35. The van der Waals surface area contributed by atoms with E-state index in [2.05, 4.69) is 0 Å². The Morgan fingerprint density at radius 3 is 3.00 bits per heavy atom. The molecule has 1 atom stereocenters. The van der Waals surface area contributed by atoms with Gasteiger partial charge in [0.05, 0.1) is 5.92 Å². The number of carboxylic acids is 1. The summed E-state index contributed by atoms with van der Waals surface area (Å²) in [4.78, 5) is 10.7. The molecular weight excluding hydrogens is 183 g/mol. The topological polar surface area (TPSA) is 37.3 Å². The molecule has 2 nitrogen and oxygen atoms in total. The standard InChI is InChI=1S/C11H9FO2/c12-10-4-3-7-5-9(11(13)14)2-1-8(7)6-10/h1-4,6,9H,5H2,(H,13,14). The number of carbonyl (C=O) groups is 1. The summed E-state index contributed by atoms with van der Waals surface area (Å²) in [5, 5.41) is 8.79. The van der Waals surface area contributed by atoms with Crippen molar-refractivity contribution in [3.63, 3.8) is 0 Å². The fourth-order valence-electron chi connectivity index (χ4n) is 1.60. The molecule has 1 aromatic rings. The maximum atomic E-state index is 12.8. The van der Waals surface area contributed by atoms with Crippen LogP contribution in [0.4, 0.5) is 4.39 Å². The lowest BCUT2D eigenvalue weighted by molar-refractivity contribution is -0.140. The number of fused-ring (bicyclic) bond motifs is 1. The fourth-order valence-corrected chi connectivity index (χ4v) is 1.60. The molecule has 0 radical (unpaired) electrons. The van der Waals surface area contributed by atoms with Gasteiger partial charge in [-0.2, -0.15) is 0 Å². The third kappa shape index (κ3) is 1.53. The molecule has 1 aliphatic rings. The van der Waals surface area contributed by atoms with Crippen molar-refractivity contribution in [3.05, 3.63) is 41.2 Å². The van der Waals surface area contributed by atoms with Crippen LogP contribution in [0.25, 0.3) is 6.08 Å². The van der Waals surface area contributed by atoms with Gasteiger partial charge in [0.15, 0.2) is 0 Å². The average molecular weight is 192 g/mol. The summed E-state index contributed by atoms with van der Waals surface area (Å²) in [7, 11) is 0. The minimum atomic E-state index is -0.837. The van der Waals surface area contributed by atoms with Crippen LogP contribution in [0.3, 0.4) is 0 Å². The van der Waals surface area contributed by atoms with E-state index in [0.717, 1.165) is 11.1 Å². The molecule has 1 aliphatic carbocycles. The summed E-state index contributed by atoms with van der Waals surface area (Å²) in [6.07, 6.45) is 3.71. The van der Waals surface area contributed by atoms with Gasteiger partial charge in [-0.15, -0.1) is 0 Å². The van der Waals surface area contributed by atoms with Crippen LogP contribution in [0.15, 0.2) is 24.3 Å². The van der Waals surface area contributed by atoms with E-state index in [9.17, 15) is 9.18 Å². The number of hydrogen-bond acceptors (Lipinski definition) is 1. The van der Waals surface area contributed by atoms with Crippen LogP contribution in [-0.4, -0.2) is 11.1 Å². The molecule has 1 N–H and O–H groups in total. The molecule has 0 aliphatic heterocycles. The van der Waals surface area contributed by atoms with Gasteiger partial charge in [-0.25, -0.2) is 4.39 Å². The Bertz CT molecular complexity index is 410. The summed E-state index contributed by atoms with van der Waals surface area (Å²) in [5.74, 6) is -1.61. The number of carboxylic acid groups (broad SMARTS) is 1. The molecule has 0 amide bonds. The van der Waals surface area contributed by atoms with Gasteiger partial charge >= 0.3 is 5.97 Å². The van der Waals surface area contributed by atoms with Crippen LogP contribution in [0.1, 0.15) is 11.1 Å². The number of benzene rings is 1. The van der Waals surface area contributed by atoms with Crippen LogP contribution in [0.2, 0.25) is 0 Å². The smallest absolute Gasteiger partial charge is 0.310 e. The summed E-state index contributed by atoms with van der Waals surface area (Å²) < 4.78 is 12.8. The zero-order chi connectivity index (χ0) is 10.1. The molecule has 0 saturated carbocycles. The van der Waals surface area contributed by atoms with Gasteiger partial charge in [-0.3, -0.25) is 4.79 Å². The molecule has 0 fully saturated rings. The Balaban J connectivity index is 2.36. The minimum absolute atomic E-state index is 0.290. The molecule has 2 rings (SSSR count). The molecule has 0 heterocycles. The van der Waals surface area contributed by atoms with Crippen molar-refractivity contribution >= 4 is 12.0 Å². The van der Waals surface area contributed by atoms with E-state index in [-0.39, 0.29) is 5.82 Å². The van der Waals surface area contributed by atoms with Gasteiger partial charge in [-0.05, 0) is 29.7 Å². The first-order chi connectivity index (χ1) is 6.66. The molecular formula is C11H9FO2. The lowest BCUT2D eigenvalue weighted by Crippen LogP contribution is -2.16. The number of halogens is 1. The molecule has 72 valence electrons. The fraction of sp³-hybridized carbons (Fsp3) is 0.182. The van der Waals surface area contributed by atoms with Gasteiger partial charge in [0.25, 0.3) is 0 Å². The number of rotatable bonds is 1. The van der Waals surface area contributed by atoms with E-state index >= 15 is 0 Å². The van der Waals surface area contributed by atoms with Crippen molar-refractivity contribution < 1.29 is 14.3 Å². The summed E-state index contributed by atoms with van der Waals surface area (Å²) in [5.41, 5.74) is 1.67. The van der Waals surface area contributed by atoms with Gasteiger partial charge in [0, 0.05) is 0 Å². The van der Waals surface area contributed by atoms with Gasteiger partial charge in [0.1, 0.15) is 5.82 Å². The first-order valence-electron chi connectivity index (χ1n) is 4.36. The Kier molecular flexibility index (Phi) is 2.08. The van der Waals surface area contributed by atoms with Gasteiger partial charge < -0.3 is 5.11 Å². The Hall–Kier alpha value is -1.64. The largest absolute Gasteiger partial charge is 0.481 e. The van der Waals surface area contributed by atoms with Crippen molar-refractivity contribution in [1.82, 2.24) is 0 Å². The molecule has 0 saturated heterocycles. The Morgan fingerprint density at radius 2 is 2.29 bits per heavy atom. The first-order valence-corrected chi connectivity index (χ1v) is 4.36. The summed E-state index contributed by atoms with van der Waals surface area (Å²) in [6, 6.07) is 4.42. The van der Waals surface area contributed by atoms with Crippen molar-refractivity contribution in [1.29, 1.82) is 0 Å². The highest BCUT2D eigenvalue weighted by Gasteiger charge is 2.19. The van der Waals surface area contributed by atoms with E-state index in [1.165, 1.54) is 12.1 Å². The number of hydrogen-bond donors (Lipinski definition) is 1. The maximum absolute atomic E-state index is 12.8. The molecule has 0 bridgehead atoms. The molecule has 0 aromatic heterocycles. The SMILES string of the molecule is O=C(O)C1C=Cc2cc(F)ccc2C1. The molecule has 14 heavy (non-hydrogen) atoms. The van der Waals surface area contributed by atoms with Crippen LogP contribution in [-0.2, 0) is 11.2 Å². The van der Waals surface area contributed by atoms with Gasteiger partial charge in [-0.1, -0.05) is 18.2 Å². The molecule has 0 spiro atoms. The van der Waals surface area contributed by atoms with Crippen molar-refractivity contribution in [2.45, 2.75) is 6.42 Å². The predicted molar refractivity (Wildman–Crippen MR) is 50.3 cm³/mol. The van der Waals surface area contributed by atoms with Crippen LogP contribution in [0.5, 0.6) is 0 Å². The molecule has 1 aromatic carbocycles. The van der Waals surface area contributed by atoms with E-state index in [4.69, 9.17) is 5.11 Å².